The summed E-state index contributed by atoms with van der Waals surface area (Å²) < 4.78 is 0. The number of rotatable bonds is 8. The first-order chi connectivity index (χ1) is 14.4. The maximum Gasteiger partial charge on any atom is 0.332 e. The standard InChI is InChI=1S/C24H29N3O3/c1-4-18-10-12-19(13-11-18)25-22(28)16-21-23(29)27(20-8-6-5-7-9-20)24(30)26(21)15-14-17(2)3/h5-13,17,21H,4,14-16H2,1-3H3,(H,25,28)/t21-/m1/s1. The Morgan fingerprint density at radius 3 is 2.30 bits per heavy atom. The van der Waals surface area contributed by atoms with Crippen molar-refractivity contribution in [1.82, 2.24) is 4.90 Å². The highest BCUT2D eigenvalue weighted by atomic mass is 16.2. The largest absolute Gasteiger partial charge is 0.332 e. The van der Waals surface area contributed by atoms with Gasteiger partial charge in [-0.15, -0.1) is 0 Å². The molecule has 158 valence electrons. The van der Waals surface area contributed by atoms with Gasteiger partial charge in [0.15, 0.2) is 0 Å². The second-order valence-corrected chi connectivity index (χ2v) is 7.99. The summed E-state index contributed by atoms with van der Waals surface area (Å²) in [7, 11) is 0. The topological polar surface area (TPSA) is 69.7 Å². The number of para-hydroxylation sites is 1. The minimum absolute atomic E-state index is 0.0679. The number of carbonyl (C=O) groups excluding carboxylic acids is 3. The number of urea groups is 1. The highest BCUT2D eigenvalue weighted by molar-refractivity contribution is 6.22. The quantitative estimate of drug-likeness (QED) is 0.657. The summed E-state index contributed by atoms with van der Waals surface area (Å²) in [6, 6.07) is 15.3. The molecule has 6 heteroatoms. The molecule has 1 aliphatic heterocycles. The molecule has 6 nitrogen and oxygen atoms in total. The van der Waals surface area contributed by atoms with Crippen molar-refractivity contribution in [1.29, 1.82) is 0 Å². The first-order valence-electron chi connectivity index (χ1n) is 10.5. The SMILES string of the molecule is CCc1ccc(NC(=O)C[C@@H]2C(=O)N(c3ccccc3)C(=O)N2CCC(C)C)cc1. The molecule has 1 atom stereocenters. The van der Waals surface area contributed by atoms with Crippen LogP contribution in [0.15, 0.2) is 54.6 Å². The number of nitrogens with one attached hydrogen (secondary N) is 1. The van der Waals surface area contributed by atoms with Crippen molar-refractivity contribution in [3.8, 4) is 0 Å². The summed E-state index contributed by atoms with van der Waals surface area (Å²) in [6.45, 7) is 6.65. The van der Waals surface area contributed by atoms with E-state index in [1.807, 2.05) is 30.3 Å². The van der Waals surface area contributed by atoms with Gasteiger partial charge in [0.25, 0.3) is 5.91 Å². The Balaban J connectivity index is 1.77. The highest BCUT2D eigenvalue weighted by Gasteiger charge is 2.46. The predicted molar refractivity (Wildman–Crippen MR) is 118 cm³/mol. The summed E-state index contributed by atoms with van der Waals surface area (Å²) in [5.41, 5.74) is 2.39. The molecular weight excluding hydrogens is 378 g/mol. The van der Waals surface area contributed by atoms with Crippen molar-refractivity contribution in [2.75, 3.05) is 16.8 Å². The number of nitrogens with zero attached hydrogens (tertiary/aromatic N) is 2. The summed E-state index contributed by atoms with van der Waals surface area (Å²) >= 11 is 0. The summed E-state index contributed by atoms with van der Waals surface area (Å²) in [5, 5.41) is 2.85. The highest BCUT2D eigenvalue weighted by Crippen LogP contribution is 2.27. The van der Waals surface area contributed by atoms with Gasteiger partial charge in [-0.2, -0.15) is 0 Å². The van der Waals surface area contributed by atoms with Crippen LogP contribution in [0.5, 0.6) is 0 Å². The predicted octanol–water partition coefficient (Wildman–Crippen LogP) is 4.46. The second-order valence-electron chi connectivity index (χ2n) is 7.99. The van der Waals surface area contributed by atoms with Crippen molar-refractivity contribution in [3.63, 3.8) is 0 Å². The van der Waals surface area contributed by atoms with E-state index >= 15 is 0 Å². The zero-order chi connectivity index (χ0) is 21.7. The first-order valence-corrected chi connectivity index (χ1v) is 10.5. The number of benzene rings is 2. The van der Waals surface area contributed by atoms with E-state index in [-0.39, 0.29) is 24.3 Å². The molecule has 30 heavy (non-hydrogen) atoms. The van der Waals surface area contributed by atoms with Gasteiger partial charge < -0.3 is 10.2 Å². The van der Waals surface area contributed by atoms with E-state index in [4.69, 9.17) is 0 Å². The number of amides is 4. The average molecular weight is 408 g/mol. The summed E-state index contributed by atoms with van der Waals surface area (Å²) in [4.78, 5) is 41.6. The molecule has 3 rings (SSSR count). The van der Waals surface area contributed by atoms with E-state index in [0.29, 0.717) is 23.8 Å². The molecule has 2 aromatic carbocycles. The smallest absolute Gasteiger partial charge is 0.326 e. The zero-order valence-electron chi connectivity index (χ0n) is 17.8. The van der Waals surface area contributed by atoms with Gasteiger partial charge in [0, 0.05) is 12.2 Å². The average Bonchev–Trinajstić information content (AvgIpc) is 2.96. The molecule has 0 bridgehead atoms. The van der Waals surface area contributed by atoms with Gasteiger partial charge in [0.05, 0.1) is 12.1 Å². The van der Waals surface area contributed by atoms with Crippen LogP contribution in [0.2, 0.25) is 0 Å². The van der Waals surface area contributed by atoms with Gasteiger partial charge in [-0.3, -0.25) is 9.59 Å². The Kier molecular flexibility index (Phi) is 6.87. The Labute approximate surface area is 177 Å². The molecule has 0 unspecified atom stereocenters. The molecule has 1 fully saturated rings. The molecular formula is C24H29N3O3. The Morgan fingerprint density at radius 2 is 1.70 bits per heavy atom. The maximum atomic E-state index is 13.1. The van der Waals surface area contributed by atoms with E-state index < -0.39 is 6.04 Å². The fraction of sp³-hybridized carbons (Fsp3) is 0.375. The fourth-order valence-electron chi connectivity index (χ4n) is 3.51. The molecule has 1 saturated heterocycles. The zero-order valence-corrected chi connectivity index (χ0v) is 17.8. The van der Waals surface area contributed by atoms with Crippen LogP contribution in [0.3, 0.4) is 0 Å². The number of hydrogen-bond donors (Lipinski definition) is 1. The monoisotopic (exact) mass is 407 g/mol. The van der Waals surface area contributed by atoms with Crippen molar-refractivity contribution in [2.24, 2.45) is 5.92 Å². The van der Waals surface area contributed by atoms with Gasteiger partial charge in [0.2, 0.25) is 5.91 Å². The van der Waals surface area contributed by atoms with Gasteiger partial charge in [0.1, 0.15) is 6.04 Å². The van der Waals surface area contributed by atoms with Crippen LogP contribution in [-0.2, 0) is 16.0 Å². The lowest BCUT2D eigenvalue weighted by Crippen LogP contribution is -2.39. The molecule has 0 radical (unpaired) electrons. The van der Waals surface area contributed by atoms with Crippen molar-refractivity contribution >= 4 is 29.2 Å². The third-order valence-electron chi connectivity index (χ3n) is 5.31. The van der Waals surface area contributed by atoms with Gasteiger partial charge in [-0.1, -0.05) is 51.1 Å². The lowest BCUT2D eigenvalue weighted by Gasteiger charge is -2.22. The number of anilines is 2. The first kappa shape index (κ1) is 21.6. The van der Waals surface area contributed by atoms with E-state index in [1.54, 1.807) is 24.3 Å². The number of imide groups is 1. The summed E-state index contributed by atoms with van der Waals surface area (Å²) in [6.07, 6.45) is 1.62. The van der Waals surface area contributed by atoms with Gasteiger partial charge in [-0.25, -0.2) is 9.69 Å². The van der Waals surface area contributed by atoms with Crippen LogP contribution >= 0.6 is 0 Å². The Morgan fingerprint density at radius 1 is 1.03 bits per heavy atom. The van der Waals surface area contributed by atoms with Gasteiger partial charge in [-0.05, 0) is 48.6 Å². The van der Waals surface area contributed by atoms with Crippen molar-refractivity contribution < 1.29 is 14.4 Å². The summed E-state index contributed by atoms with van der Waals surface area (Å²) in [5.74, 6) is -0.258. The third kappa shape index (κ3) is 4.87. The molecule has 1 aliphatic rings. The molecule has 0 aromatic heterocycles. The third-order valence-corrected chi connectivity index (χ3v) is 5.31. The lowest BCUT2D eigenvalue weighted by atomic mass is 10.1. The molecule has 0 spiro atoms. The number of aryl methyl sites for hydroxylation is 1. The Hall–Kier alpha value is -3.15. The lowest BCUT2D eigenvalue weighted by molar-refractivity contribution is -0.124. The minimum atomic E-state index is -0.800. The molecule has 1 N–H and O–H groups in total. The van der Waals surface area contributed by atoms with Crippen LogP contribution in [0.25, 0.3) is 0 Å². The van der Waals surface area contributed by atoms with E-state index in [9.17, 15) is 14.4 Å². The molecule has 1 heterocycles. The van der Waals surface area contributed by atoms with Crippen LogP contribution in [0.1, 0.15) is 39.2 Å². The van der Waals surface area contributed by atoms with E-state index in [1.165, 1.54) is 15.4 Å². The number of hydrogen-bond acceptors (Lipinski definition) is 3. The number of carbonyl (C=O) groups is 3. The second kappa shape index (κ2) is 9.57. The van der Waals surface area contributed by atoms with E-state index in [0.717, 1.165) is 12.8 Å². The molecule has 4 amide bonds. The molecule has 0 aliphatic carbocycles. The maximum absolute atomic E-state index is 13.1. The van der Waals surface area contributed by atoms with E-state index in [2.05, 4.69) is 26.1 Å². The van der Waals surface area contributed by atoms with Crippen molar-refractivity contribution in [3.05, 3.63) is 60.2 Å². The van der Waals surface area contributed by atoms with Crippen molar-refractivity contribution in [2.45, 2.75) is 46.1 Å². The van der Waals surface area contributed by atoms with Crippen LogP contribution in [0.4, 0.5) is 16.2 Å². The van der Waals surface area contributed by atoms with Crippen LogP contribution in [0, 0.1) is 5.92 Å². The van der Waals surface area contributed by atoms with Crippen LogP contribution < -0.4 is 10.2 Å². The molecule has 2 aromatic rings. The Bertz CT molecular complexity index is 894. The minimum Gasteiger partial charge on any atom is -0.326 e. The fourth-order valence-corrected chi connectivity index (χ4v) is 3.51. The molecule has 0 saturated carbocycles. The van der Waals surface area contributed by atoms with Crippen LogP contribution in [-0.4, -0.2) is 35.3 Å². The van der Waals surface area contributed by atoms with Gasteiger partial charge >= 0.3 is 6.03 Å². The normalized spacial score (nSPS) is 16.5.